The van der Waals surface area contributed by atoms with E-state index in [2.05, 4.69) is 39.1 Å². The second-order valence-corrected chi connectivity index (χ2v) is 7.08. The van der Waals surface area contributed by atoms with Gasteiger partial charge in [0.15, 0.2) is 4.34 Å². The van der Waals surface area contributed by atoms with Crippen molar-refractivity contribution in [2.45, 2.75) is 24.6 Å². The fraction of sp³-hybridized carbons (Fsp3) is 0.333. The Kier molecular flexibility index (Phi) is 6.56. The zero-order chi connectivity index (χ0) is 17.5. The normalized spacial score (nSPS) is 10.3. The first-order valence-corrected chi connectivity index (χ1v) is 9.17. The van der Waals surface area contributed by atoms with Crippen LogP contribution in [0.1, 0.15) is 18.1 Å². The molecule has 0 aliphatic carbocycles. The highest BCUT2D eigenvalue weighted by atomic mass is 32.2. The van der Waals surface area contributed by atoms with E-state index in [4.69, 9.17) is 0 Å². The molecule has 0 saturated carbocycles. The van der Waals surface area contributed by atoms with Crippen LogP contribution in [0.5, 0.6) is 0 Å². The lowest BCUT2D eigenvalue weighted by Crippen LogP contribution is -2.38. The van der Waals surface area contributed by atoms with Crippen LogP contribution in [0, 0.1) is 6.92 Å². The van der Waals surface area contributed by atoms with Crippen molar-refractivity contribution >= 4 is 45.9 Å². The fourth-order valence-electron chi connectivity index (χ4n) is 1.98. The molecular weight excluding hydrogens is 346 g/mol. The predicted octanol–water partition coefficient (Wildman–Crippen LogP) is 2.70. The molecule has 128 valence electrons. The predicted molar refractivity (Wildman–Crippen MR) is 97.1 cm³/mol. The molecule has 2 rings (SSSR count). The number of nitrogens with one attached hydrogen (secondary N) is 3. The number of aromatic nitrogens is 2. The van der Waals surface area contributed by atoms with E-state index in [0.717, 1.165) is 17.7 Å². The summed E-state index contributed by atoms with van der Waals surface area (Å²) in [6.07, 6.45) is 0.921. The van der Waals surface area contributed by atoms with Gasteiger partial charge in [0.2, 0.25) is 11.0 Å². The Morgan fingerprint density at radius 1 is 1.29 bits per heavy atom. The second kappa shape index (κ2) is 8.65. The van der Waals surface area contributed by atoms with E-state index in [1.165, 1.54) is 35.7 Å². The molecule has 0 saturated heterocycles. The number of hydrogen-bond donors (Lipinski definition) is 3. The minimum Gasteiger partial charge on any atom is -0.341 e. The van der Waals surface area contributed by atoms with Gasteiger partial charge in [-0.05, 0) is 24.5 Å². The summed E-state index contributed by atoms with van der Waals surface area (Å²) in [7, 11) is 1.45. The average Bonchev–Trinajstić information content (AvgIpc) is 3.02. The lowest BCUT2D eigenvalue weighted by molar-refractivity contribution is -0.117. The van der Waals surface area contributed by atoms with Gasteiger partial charge in [0.1, 0.15) is 0 Å². The third kappa shape index (κ3) is 4.93. The van der Waals surface area contributed by atoms with Gasteiger partial charge in [-0.2, -0.15) is 0 Å². The molecule has 0 unspecified atom stereocenters. The third-order valence-electron chi connectivity index (χ3n) is 3.19. The van der Waals surface area contributed by atoms with Crippen LogP contribution in [-0.4, -0.2) is 34.9 Å². The molecule has 0 radical (unpaired) electrons. The van der Waals surface area contributed by atoms with Crippen LogP contribution in [0.2, 0.25) is 0 Å². The summed E-state index contributed by atoms with van der Waals surface area (Å²) in [5.74, 6) is -0.275. The van der Waals surface area contributed by atoms with Crippen LogP contribution in [0.15, 0.2) is 22.5 Å². The third-order valence-corrected chi connectivity index (χ3v) is 5.16. The van der Waals surface area contributed by atoms with Gasteiger partial charge < -0.3 is 10.6 Å². The van der Waals surface area contributed by atoms with Crippen LogP contribution in [0.25, 0.3) is 0 Å². The summed E-state index contributed by atoms with van der Waals surface area (Å²) < 4.78 is 0.663. The maximum absolute atomic E-state index is 11.6. The molecule has 1 aromatic heterocycles. The number of thioether (sulfide) groups is 1. The highest BCUT2D eigenvalue weighted by molar-refractivity contribution is 8.01. The summed E-state index contributed by atoms with van der Waals surface area (Å²) in [6.45, 7) is 4.15. The molecule has 0 spiro atoms. The number of hydrogen-bond acceptors (Lipinski definition) is 7. The van der Waals surface area contributed by atoms with Crippen molar-refractivity contribution in [1.82, 2.24) is 20.8 Å². The second-order valence-electron chi connectivity index (χ2n) is 4.88. The van der Waals surface area contributed by atoms with Crippen molar-refractivity contribution < 1.29 is 9.59 Å². The number of nitrogens with zero attached hydrogens (tertiary/aromatic N) is 2. The van der Waals surface area contributed by atoms with Crippen LogP contribution >= 0.6 is 23.1 Å². The van der Waals surface area contributed by atoms with Crippen molar-refractivity contribution in [2.75, 3.05) is 18.1 Å². The van der Waals surface area contributed by atoms with Crippen molar-refractivity contribution in [3.8, 4) is 0 Å². The van der Waals surface area contributed by atoms with Gasteiger partial charge >= 0.3 is 6.03 Å². The SMILES string of the molecule is CCc1cccc(C)c1Nc1nnc(SCC(=O)NC(=O)NC)s1. The van der Waals surface area contributed by atoms with E-state index in [1.807, 2.05) is 19.1 Å². The maximum Gasteiger partial charge on any atom is 0.321 e. The van der Waals surface area contributed by atoms with Gasteiger partial charge in [0.25, 0.3) is 0 Å². The fourth-order valence-corrected chi connectivity index (χ4v) is 3.54. The Bertz CT molecular complexity index is 732. The Morgan fingerprint density at radius 3 is 2.79 bits per heavy atom. The maximum atomic E-state index is 11.6. The number of imide groups is 1. The average molecular weight is 365 g/mol. The molecule has 0 fully saturated rings. The smallest absolute Gasteiger partial charge is 0.321 e. The van der Waals surface area contributed by atoms with Crippen molar-refractivity contribution in [2.24, 2.45) is 0 Å². The first kappa shape index (κ1) is 18.2. The van der Waals surface area contributed by atoms with Crippen LogP contribution in [0.4, 0.5) is 15.6 Å². The van der Waals surface area contributed by atoms with E-state index >= 15 is 0 Å². The van der Waals surface area contributed by atoms with Crippen LogP contribution < -0.4 is 16.0 Å². The Morgan fingerprint density at radius 2 is 2.08 bits per heavy atom. The van der Waals surface area contributed by atoms with E-state index < -0.39 is 6.03 Å². The molecule has 24 heavy (non-hydrogen) atoms. The Balaban J connectivity index is 1.97. The number of benzene rings is 1. The number of carbonyl (C=O) groups is 2. The van der Waals surface area contributed by atoms with E-state index in [0.29, 0.717) is 9.47 Å². The topological polar surface area (TPSA) is 96.0 Å². The number of rotatable bonds is 6. The summed E-state index contributed by atoms with van der Waals surface area (Å²) >= 11 is 2.61. The Labute approximate surface area is 148 Å². The number of aryl methyl sites for hydroxylation is 2. The van der Waals surface area contributed by atoms with Crippen molar-refractivity contribution in [1.29, 1.82) is 0 Å². The number of anilines is 2. The highest BCUT2D eigenvalue weighted by Gasteiger charge is 2.12. The summed E-state index contributed by atoms with van der Waals surface area (Å²) in [6, 6.07) is 5.63. The quantitative estimate of drug-likeness (QED) is 0.681. The van der Waals surface area contributed by atoms with Gasteiger partial charge in [0.05, 0.1) is 5.75 Å². The molecule has 1 aromatic carbocycles. The number of amides is 3. The van der Waals surface area contributed by atoms with E-state index in [1.54, 1.807) is 0 Å². The van der Waals surface area contributed by atoms with Crippen molar-refractivity contribution in [3.05, 3.63) is 29.3 Å². The van der Waals surface area contributed by atoms with Gasteiger partial charge in [-0.25, -0.2) is 4.79 Å². The van der Waals surface area contributed by atoms with E-state index in [9.17, 15) is 9.59 Å². The Hall–Kier alpha value is -2.13. The molecule has 0 aliphatic heterocycles. The van der Waals surface area contributed by atoms with Crippen LogP contribution in [-0.2, 0) is 11.2 Å². The molecule has 2 aromatic rings. The first-order valence-electron chi connectivity index (χ1n) is 7.36. The summed E-state index contributed by atoms with van der Waals surface area (Å²) in [5, 5.41) is 16.7. The first-order chi connectivity index (χ1) is 11.5. The van der Waals surface area contributed by atoms with Gasteiger partial charge in [0, 0.05) is 12.7 Å². The van der Waals surface area contributed by atoms with Gasteiger partial charge in [-0.3, -0.25) is 10.1 Å². The molecule has 3 amide bonds. The summed E-state index contributed by atoms with van der Waals surface area (Å²) in [4.78, 5) is 22.6. The molecule has 7 nitrogen and oxygen atoms in total. The zero-order valence-electron chi connectivity index (χ0n) is 13.7. The van der Waals surface area contributed by atoms with Crippen molar-refractivity contribution in [3.63, 3.8) is 0 Å². The lowest BCUT2D eigenvalue weighted by atomic mass is 10.1. The standard InChI is InChI=1S/C15H19N5O2S2/c1-4-10-7-5-6-9(2)12(10)18-14-19-20-15(24-14)23-8-11(21)17-13(22)16-3/h5-7H,4,8H2,1-3H3,(H,18,19)(H2,16,17,21,22). The molecule has 0 atom stereocenters. The highest BCUT2D eigenvalue weighted by Crippen LogP contribution is 2.30. The minimum absolute atomic E-state index is 0.104. The molecule has 1 heterocycles. The molecule has 3 N–H and O–H groups in total. The number of para-hydroxylation sites is 1. The molecule has 9 heteroatoms. The monoisotopic (exact) mass is 365 g/mol. The van der Waals surface area contributed by atoms with Gasteiger partial charge in [-0.1, -0.05) is 48.2 Å². The van der Waals surface area contributed by atoms with Crippen LogP contribution in [0.3, 0.4) is 0 Å². The lowest BCUT2D eigenvalue weighted by Gasteiger charge is -2.11. The van der Waals surface area contributed by atoms with Gasteiger partial charge in [-0.15, -0.1) is 10.2 Å². The number of urea groups is 1. The number of carbonyl (C=O) groups excluding carboxylic acids is 2. The largest absolute Gasteiger partial charge is 0.341 e. The van der Waals surface area contributed by atoms with E-state index in [-0.39, 0.29) is 11.7 Å². The molecular formula is C15H19N5O2S2. The minimum atomic E-state index is -0.521. The summed E-state index contributed by atoms with van der Waals surface area (Å²) in [5.41, 5.74) is 3.40. The molecule has 0 aliphatic rings. The molecule has 0 bridgehead atoms. The zero-order valence-corrected chi connectivity index (χ0v) is 15.3.